The van der Waals surface area contributed by atoms with E-state index in [9.17, 15) is 17.6 Å². The van der Waals surface area contributed by atoms with Crippen LogP contribution < -0.4 is 0 Å². The lowest BCUT2D eigenvalue weighted by Crippen LogP contribution is -2.50. The van der Waals surface area contributed by atoms with Gasteiger partial charge >= 0.3 is 0 Å². The molecule has 1 aliphatic heterocycles. The number of sulfonamides is 1. The number of carbonyl (C=O) groups excluding carboxylic acids is 1. The summed E-state index contributed by atoms with van der Waals surface area (Å²) in [7, 11) is -3.80. The molecule has 2 aromatic carbocycles. The molecule has 1 amide bonds. The van der Waals surface area contributed by atoms with Gasteiger partial charge in [0.05, 0.1) is 10.6 Å². The van der Waals surface area contributed by atoms with E-state index in [4.69, 9.17) is 4.42 Å². The van der Waals surface area contributed by atoms with Crippen LogP contribution in [-0.4, -0.2) is 65.7 Å². The van der Waals surface area contributed by atoms with E-state index < -0.39 is 15.8 Å². The summed E-state index contributed by atoms with van der Waals surface area (Å²) >= 11 is 1.14. The van der Waals surface area contributed by atoms with Crippen LogP contribution >= 0.6 is 11.8 Å². The summed E-state index contributed by atoms with van der Waals surface area (Å²) in [5.74, 6) is -0.261. The summed E-state index contributed by atoms with van der Waals surface area (Å²) < 4.78 is 45.7. The molecule has 4 rings (SSSR count). The number of benzene rings is 2. The molecule has 0 radical (unpaired) electrons. The number of aryl methyl sites for hydroxylation is 1. The first-order chi connectivity index (χ1) is 15.3. The zero-order valence-electron chi connectivity index (χ0n) is 17.3. The van der Waals surface area contributed by atoms with E-state index in [1.807, 2.05) is 31.2 Å². The Morgan fingerprint density at radius 3 is 2.56 bits per heavy atom. The predicted octanol–water partition coefficient (Wildman–Crippen LogP) is 2.81. The highest BCUT2D eigenvalue weighted by Crippen LogP contribution is 2.24. The van der Waals surface area contributed by atoms with Crippen LogP contribution in [0, 0.1) is 12.7 Å². The smallest absolute Gasteiger partial charge is 0.277 e. The van der Waals surface area contributed by atoms with Crippen LogP contribution in [0.25, 0.3) is 11.5 Å². The van der Waals surface area contributed by atoms with E-state index in [-0.39, 0.29) is 42.7 Å². The van der Waals surface area contributed by atoms with Crippen LogP contribution in [-0.2, 0) is 14.8 Å². The van der Waals surface area contributed by atoms with Gasteiger partial charge in [0.25, 0.3) is 5.22 Å². The van der Waals surface area contributed by atoms with Gasteiger partial charge in [-0.2, -0.15) is 4.31 Å². The standard InChI is InChI=1S/C21H21FN4O4S2/c1-15-4-2-5-16(12-15)20-23-24-21(30-20)31-14-19(27)25-8-10-26(11-9-25)32(28,29)18-7-3-6-17(22)13-18/h2-7,12-13H,8-11,14H2,1H3. The van der Waals surface area contributed by atoms with E-state index >= 15 is 0 Å². The fraction of sp³-hybridized carbons (Fsp3) is 0.286. The molecule has 1 saturated heterocycles. The second-order valence-electron chi connectivity index (χ2n) is 7.27. The summed E-state index contributed by atoms with van der Waals surface area (Å²) in [4.78, 5) is 14.1. The number of hydrogen-bond acceptors (Lipinski definition) is 7. The third-order valence-electron chi connectivity index (χ3n) is 5.02. The van der Waals surface area contributed by atoms with E-state index in [1.165, 1.54) is 22.5 Å². The van der Waals surface area contributed by atoms with Gasteiger partial charge in [-0.3, -0.25) is 4.79 Å². The Bertz CT molecular complexity index is 1220. The van der Waals surface area contributed by atoms with Crippen molar-refractivity contribution in [1.82, 2.24) is 19.4 Å². The van der Waals surface area contributed by atoms with Crippen LogP contribution in [0.5, 0.6) is 0 Å². The lowest BCUT2D eigenvalue weighted by atomic mass is 10.1. The molecular formula is C21H21FN4O4S2. The molecule has 11 heteroatoms. The van der Waals surface area contributed by atoms with Gasteiger partial charge in [0, 0.05) is 31.7 Å². The molecule has 1 aliphatic rings. The molecule has 0 atom stereocenters. The van der Waals surface area contributed by atoms with Crippen molar-refractivity contribution in [2.45, 2.75) is 17.0 Å². The first-order valence-electron chi connectivity index (χ1n) is 9.90. The number of hydrogen-bond donors (Lipinski definition) is 0. The Hall–Kier alpha value is -2.76. The van der Waals surface area contributed by atoms with Crippen LogP contribution in [0.4, 0.5) is 4.39 Å². The summed E-state index contributed by atoms with van der Waals surface area (Å²) in [6.45, 7) is 2.77. The zero-order valence-corrected chi connectivity index (χ0v) is 18.9. The minimum Gasteiger partial charge on any atom is -0.411 e. The number of carbonyl (C=O) groups is 1. The third-order valence-corrected chi connectivity index (χ3v) is 7.71. The maximum Gasteiger partial charge on any atom is 0.277 e. The van der Waals surface area contributed by atoms with Crippen molar-refractivity contribution in [3.8, 4) is 11.5 Å². The first-order valence-corrected chi connectivity index (χ1v) is 12.3. The Morgan fingerprint density at radius 2 is 1.84 bits per heavy atom. The Balaban J connectivity index is 1.31. The fourth-order valence-corrected chi connectivity index (χ4v) is 5.45. The number of thioether (sulfide) groups is 1. The van der Waals surface area contributed by atoms with Crippen molar-refractivity contribution in [3.63, 3.8) is 0 Å². The van der Waals surface area contributed by atoms with E-state index in [1.54, 1.807) is 4.90 Å². The number of halogens is 1. The highest BCUT2D eigenvalue weighted by molar-refractivity contribution is 7.99. The monoisotopic (exact) mass is 476 g/mol. The van der Waals surface area contributed by atoms with Gasteiger partial charge in [0.15, 0.2) is 0 Å². The first kappa shape index (κ1) is 22.4. The molecular weight excluding hydrogens is 455 g/mol. The number of amides is 1. The minimum absolute atomic E-state index is 0.0892. The van der Waals surface area contributed by atoms with E-state index in [0.717, 1.165) is 29.0 Å². The van der Waals surface area contributed by atoms with Crippen LogP contribution in [0.15, 0.2) is 63.1 Å². The van der Waals surface area contributed by atoms with E-state index in [0.29, 0.717) is 11.1 Å². The Labute approximate surface area is 189 Å². The van der Waals surface area contributed by atoms with Crippen molar-refractivity contribution in [2.75, 3.05) is 31.9 Å². The van der Waals surface area contributed by atoms with Crippen molar-refractivity contribution >= 4 is 27.7 Å². The molecule has 0 aliphatic carbocycles. The van der Waals surface area contributed by atoms with Crippen molar-refractivity contribution < 1.29 is 22.0 Å². The molecule has 0 spiro atoms. The van der Waals surface area contributed by atoms with Gasteiger partial charge in [-0.25, -0.2) is 12.8 Å². The van der Waals surface area contributed by atoms with Crippen molar-refractivity contribution in [2.24, 2.45) is 0 Å². The van der Waals surface area contributed by atoms with Crippen LogP contribution in [0.3, 0.4) is 0 Å². The predicted molar refractivity (Wildman–Crippen MR) is 117 cm³/mol. The molecule has 8 nitrogen and oxygen atoms in total. The molecule has 1 aromatic heterocycles. The van der Waals surface area contributed by atoms with Gasteiger partial charge in [-0.1, -0.05) is 35.5 Å². The maximum absolute atomic E-state index is 13.4. The Morgan fingerprint density at radius 1 is 1.09 bits per heavy atom. The number of piperazine rings is 1. The average molecular weight is 477 g/mol. The van der Waals surface area contributed by atoms with E-state index in [2.05, 4.69) is 10.2 Å². The summed E-state index contributed by atoms with van der Waals surface area (Å²) in [6, 6.07) is 12.6. The highest BCUT2D eigenvalue weighted by atomic mass is 32.2. The second-order valence-corrected chi connectivity index (χ2v) is 10.1. The summed E-state index contributed by atoms with van der Waals surface area (Å²) in [5.41, 5.74) is 1.88. The number of rotatable bonds is 6. The summed E-state index contributed by atoms with van der Waals surface area (Å²) in [6.07, 6.45) is 0. The molecule has 32 heavy (non-hydrogen) atoms. The molecule has 1 fully saturated rings. The molecule has 0 bridgehead atoms. The molecule has 0 unspecified atom stereocenters. The van der Waals surface area contributed by atoms with Gasteiger partial charge < -0.3 is 9.32 Å². The summed E-state index contributed by atoms with van der Waals surface area (Å²) in [5, 5.41) is 8.30. The van der Waals surface area contributed by atoms with Gasteiger partial charge in [0.2, 0.25) is 21.8 Å². The Kier molecular flexibility index (Phi) is 6.58. The van der Waals surface area contributed by atoms with Crippen molar-refractivity contribution in [3.05, 3.63) is 59.9 Å². The number of aromatic nitrogens is 2. The third kappa shape index (κ3) is 5.00. The largest absolute Gasteiger partial charge is 0.411 e. The fourth-order valence-electron chi connectivity index (χ4n) is 3.33. The molecule has 168 valence electrons. The highest BCUT2D eigenvalue weighted by Gasteiger charge is 2.30. The zero-order chi connectivity index (χ0) is 22.7. The lowest BCUT2D eigenvalue weighted by Gasteiger charge is -2.33. The second kappa shape index (κ2) is 9.39. The minimum atomic E-state index is -3.80. The molecule has 0 N–H and O–H groups in total. The van der Waals surface area contributed by atoms with Gasteiger partial charge in [-0.15, -0.1) is 10.2 Å². The van der Waals surface area contributed by atoms with Crippen molar-refractivity contribution in [1.29, 1.82) is 0 Å². The normalized spacial score (nSPS) is 15.1. The topological polar surface area (TPSA) is 96.6 Å². The van der Waals surface area contributed by atoms with Crippen LogP contribution in [0.2, 0.25) is 0 Å². The van der Waals surface area contributed by atoms with Crippen LogP contribution in [0.1, 0.15) is 5.56 Å². The molecule has 0 saturated carbocycles. The quantitative estimate of drug-likeness (QED) is 0.505. The SMILES string of the molecule is Cc1cccc(-c2nnc(SCC(=O)N3CCN(S(=O)(=O)c4cccc(F)c4)CC3)o2)c1. The lowest BCUT2D eigenvalue weighted by molar-refractivity contribution is -0.129. The van der Waals surface area contributed by atoms with Gasteiger partial charge in [0.1, 0.15) is 5.82 Å². The number of nitrogens with zero attached hydrogens (tertiary/aromatic N) is 4. The molecule has 2 heterocycles. The van der Waals surface area contributed by atoms with Gasteiger partial charge in [-0.05, 0) is 37.3 Å². The molecule has 3 aromatic rings. The maximum atomic E-state index is 13.4. The average Bonchev–Trinajstić information content (AvgIpc) is 3.27.